The summed E-state index contributed by atoms with van der Waals surface area (Å²) in [6.07, 6.45) is 3.63. The molecule has 0 spiro atoms. The van der Waals surface area contributed by atoms with E-state index in [-0.39, 0.29) is 5.91 Å². The van der Waals surface area contributed by atoms with E-state index in [0.717, 1.165) is 15.6 Å². The van der Waals surface area contributed by atoms with Gasteiger partial charge in [0.1, 0.15) is 0 Å². The van der Waals surface area contributed by atoms with Gasteiger partial charge < -0.3 is 5.32 Å². The van der Waals surface area contributed by atoms with Crippen molar-refractivity contribution >= 4 is 28.5 Å². The molecule has 1 N–H and O–H groups in total. The molecule has 0 aliphatic heterocycles. The molecule has 2 rings (SSSR count). The molecule has 2 nitrogen and oxygen atoms in total. The number of hydrogen-bond donors (Lipinski definition) is 1. The molecule has 1 aromatic carbocycles. The topological polar surface area (TPSA) is 29.1 Å². The molecule has 1 saturated carbocycles. The van der Waals surface area contributed by atoms with Gasteiger partial charge in [0.2, 0.25) is 0 Å². The average Bonchev–Trinajstić information content (AvgIpc) is 2.35. The van der Waals surface area contributed by atoms with E-state index in [4.69, 9.17) is 0 Å². The highest BCUT2D eigenvalue weighted by Gasteiger charge is 2.28. The minimum atomic E-state index is 0.0690. The van der Waals surface area contributed by atoms with Crippen molar-refractivity contribution in [3.05, 3.63) is 33.4 Å². The monoisotopic (exact) mass is 357 g/mol. The summed E-state index contributed by atoms with van der Waals surface area (Å²) < 4.78 is 1.10. The number of halogens is 1. The number of benzene rings is 1. The van der Waals surface area contributed by atoms with Crippen molar-refractivity contribution in [1.82, 2.24) is 5.32 Å². The van der Waals surface area contributed by atoms with Gasteiger partial charge in [0.05, 0.1) is 0 Å². The molecule has 1 amide bonds. The predicted molar refractivity (Wildman–Crippen MR) is 82.6 cm³/mol. The van der Waals surface area contributed by atoms with Crippen LogP contribution < -0.4 is 5.32 Å². The van der Waals surface area contributed by atoms with Crippen molar-refractivity contribution < 1.29 is 4.79 Å². The second-order valence-electron chi connectivity index (χ2n) is 5.36. The molecule has 1 aliphatic rings. The quantitative estimate of drug-likeness (QED) is 0.801. The van der Waals surface area contributed by atoms with E-state index >= 15 is 0 Å². The molecular weight excluding hydrogens is 337 g/mol. The first-order valence-corrected chi connectivity index (χ1v) is 7.72. The molecule has 0 radical (unpaired) electrons. The van der Waals surface area contributed by atoms with Gasteiger partial charge >= 0.3 is 0 Å². The summed E-state index contributed by atoms with van der Waals surface area (Å²) in [5, 5.41) is 3.20. The van der Waals surface area contributed by atoms with Crippen LogP contribution in [0.25, 0.3) is 0 Å². The molecule has 0 aromatic heterocycles. The van der Waals surface area contributed by atoms with Gasteiger partial charge in [0.25, 0.3) is 5.91 Å². The number of rotatable bonds is 2. The van der Waals surface area contributed by atoms with E-state index < -0.39 is 0 Å². The van der Waals surface area contributed by atoms with Crippen LogP contribution in [0.2, 0.25) is 0 Å². The van der Waals surface area contributed by atoms with Crippen LogP contribution in [-0.2, 0) is 0 Å². The molecule has 3 unspecified atom stereocenters. The Bertz CT molecular complexity index is 432. The Labute approximate surface area is 123 Å². The lowest BCUT2D eigenvalue weighted by atomic mass is 9.78. The third-order valence-corrected chi connectivity index (χ3v) is 4.78. The van der Waals surface area contributed by atoms with Crippen molar-refractivity contribution in [2.75, 3.05) is 0 Å². The number of carbonyl (C=O) groups is 1. The third-order valence-electron chi connectivity index (χ3n) is 4.11. The summed E-state index contributed by atoms with van der Waals surface area (Å²) in [5.74, 6) is 1.35. The molecule has 1 aromatic rings. The minimum Gasteiger partial charge on any atom is -0.349 e. The second kappa shape index (κ2) is 6.04. The summed E-state index contributed by atoms with van der Waals surface area (Å²) in [7, 11) is 0. The highest BCUT2D eigenvalue weighted by atomic mass is 127. The van der Waals surface area contributed by atoms with E-state index in [0.29, 0.717) is 17.9 Å². The SMILES string of the molecule is CC1CCCC(NC(=O)c2cccc(I)c2)C1C. The predicted octanol–water partition coefficient (Wildman–Crippen LogP) is 3.85. The Kier molecular flexibility index (Phi) is 4.65. The van der Waals surface area contributed by atoms with Crippen molar-refractivity contribution in [2.45, 2.75) is 39.2 Å². The van der Waals surface area contributed by atoms with Gasteiger partial charge in [-0.1, -0.05) is 32.8 Å². The zero-order valence-electron chi connectivity index (χ0n) is 10.9. The van der Waals surface area contributed by atoms with Gasteiger partial charge in [-0.15, -0.1) is 0 Å². The van der Waals surface area contributed by atoms with Crippen molar-refractivity contribution in [1.29, 1.82) is 0 Å². The normalized spacial score (nSPS) is 27.8. The van der Waals surface area contributed by atoms with Crippen LogP contribution in [0, 0.1) is 15.4 Å². The fourth-order valence-corrected chi connectivity index (χ4v) is 3.21. The Hall–Kier alpha value is -0.580. The Morgan fingerprint density at radius 3 is 2.83 bits per heavy atom. The molecule has 3 atom stereocenters. The first-order chi connectivity index (χ1) is 8.58. The van der Waals surface area contributed by atoms with E-state index in [2.05, 4.69) is 41.8 Å². The van der Waals surface area contributed by atoms with E-state index in [1.54, 1.807) is 0 Å². The molecule has 98 valence electrons. The van der Waals surface area contributed by atoms with Crippen molar-refractivity contribution in [3.8, 4) is 0 Å². The van der Waals surface area contributed by atoms with Gasteiger partial charge in [-0.3, -0.25) is 4.79 Å². The van der Waals surface area contributed by atoms with Gasteiger partial charge in [-0.2, -0.15) is 0 Å². The summed E-state index contributed by atoms with van der Waals surface area (Å²) in [4.78, 5) is 12.2. The maximum atomic E-state index is 12.2. The summed E-state index contributed by atoms with van der Waals surface area (Å²) in [6.45, 7) is 4.54. The fourth-order valence-electron chi connectivity index (χ4n) is 2.67. The first-order valence-electron chi connectivity index (χ1n) is 6.64. The molecule has 3 heteroatoms. The number of hydrogen-bond acceptors (Lipinski definition) is 1. The Morgan fingerprint density at radius 2 is 2.11 bits per heavy atom. The van der Waals surface area contributed by atoms with Crippen LogP contribution in [0.3, 0.4) is 0 Å². The Morgan fingerprint density at radius 1 is 1.33 bits per heavy atom. The third kappa shape index (κ3) is 3.25. The van der Waals surface area contributed by atoms with Gasteiger partial charge in [0, 0.05) is 15.2 Å². The number of amides is 1. The molecule has 0 heterocycles. The maximum Gasteiger partial charge on any atom is 0.251 e. The van der Waals surface area contributed by atoms with Crippen molar-refractivity contribution in [3.63, 3.8) is 0 Å². The molecular formula is C15H20INO. The van der Waals surface area contributed by atoms with Gasteiger partial charge in [-0.25, -0.2) is 0 Å². The number of carbonyl (C=O) groups excluding carboxylic acids is 1. The van der Waals surface area contributed by atoms with Crippen LogP contribution in [0.1, 0.15) is 43.5 Å². The van der Waals surface area contributed by atoms with E-state index in [9.17, 15) is 4.79 Å². The molecule has 18 heavy (non-hydrogen) atoms. The Balaban J connectivity index is 2.03. The average molecular weight is 357 g/mol. The zero-order chi connectivity index (χ0) is 13.1. The summed E-state index contributed by atoms with van der Waals surface area (Å²) in [6, 6.07) is 8.09. The zero-order valence-corrected chi connectivity index (χ0v) is 13.1. The van der Waals surface area contributed by atoms with Gasteiger partial charge in [-0.05, 0) is 59.0 Å². The number of nitrogens with one attached hydrogen (secondary N) is 1. The van der Waals surface area contributed by atoms with Crippen LogP contribution in [0.5, 0.6) is 0 Å². The maximum absolute atomic E-state index is 12.2. The molecule has 0 bridgehead atoms. The highest BCUT2D eigenvalue weighted by Crippen LogP contribution is 2.29. The standard InChI is InChI=1S/C15H20INO/c1-10-5-3-8-14(11(10)2)17-15(18)12-6-4-7-13(16)9-12/h4,6-7,9-11,14H,3,5,8H2,1-2H3,(H,17,18). The van der Waals surface area contributed by atoms with Crippen molar-refractivity contribution in [2.24, 2.45) is 11.8 Å². The lowest BCUT2D eigenvalue weighted by Crippen LogP contribution is -2.43. The van der Waals surface area contributed by atoms with Crippen LogP contribution in [0.15, 0.2) is 24.3 Å². The van der Waals surface area contributed by atoms with Crippen LogP contribution in [-0.4, -0.2) is 11.9 Å². The first kappa shape index (κ1) is 13.8. The lowest BCUT2D eigenvalue weighted by molar-refractivity contribution is 0.0891. The minimum absolute atomic E-state index is 0.0690. The van der Waals surface area contributed by atoms with E-state index in [1.165, 1.54) is 12.8 Å². The fraction of sp³-hybridized carbons (Fsp3) is 0.533. The smallest absolute Gasteiger partial charge is 0.251 e. The lowest BCUT2D eigenvalue weighted by Gasteiger charge is -2.34. The van der Waals surface area contributed by atoms with Crippen LogP contribution >= 0.6 is 22.6 Å². The molecule has 0 saturated heterocycles. The van der Waals surface area contributed by atoms with E-state index in [1.807, 2.05) is 24.3 Å². The summed E-state index contributed by atoms with van der Waals surface area (Å²) >= 11 is 2.24. The molecule has 1 fully saturated rings. The second-order valence-corrected chi connectivity index (χ2v) is 6.60. The summed E-state index contributed by atoms with van der Waals surface area (Å²) in [5.41, 5.74) is 0.771. The molecule has 1 aliphatic carbocycles. The highest BCUT2D eigenvalue weighted by molar-refractivity contribution is 14.1. The van der Waals surface area contributed by atoms with Crippen LogP contribution in [0.4, 0.5) is 0 Å². The largest absolute Gasteiger partial charge is 0.349 e. The van der Waals surface area contributed by atoms with Gasteiger partial charge in [0.15, 0.2) is 0 Å².